The lowest BCUT2D eigenvalue weighted by Gasteiger charge is -2.06. The molecule has 0 radical (unpaired) electrons. The average Bonchev–Trinajstić information content (AvgIpc) is 2.61. The third-order valence-electron chi connectivity index (χ3n) is 3.01. The van der Waals surface area contributed by atoms with Gasteiger partial charge in [0.2, 0.25) is 0 Å². The van der Waals surface area contributed by atoms with Crippen LogP contribution < -0.4 is 10.2 Å². The first-order chi connectivity index (χ1) is 12.5. The Bertz CT molecular complexity index is 869. The molecular formula is C17H13Cl2N3O4. The average molecular weight is 394 g/mol. The fourth-order valence-electron chi connectivity index (χ4n) is 1.86. The minimum absolute atomic E-state index is 0.0190. The zero-order chi connectivity index (χ0) is 18.9. The first-order valence-electron chi connectivity index (χ1n) is 7.27. The van der Waals surface area contributed by atoms with Crippen molar-refractivity contribution in [2.24, 2.45) is 5.10 Å². The van der Waals surface area contributed by atoms with Gasteiger partial charge >= 0.3 is 0 Å². The Balaban J connectivity index is 1.83. The van der Waals surface area contributed by atoms with Crippen LogP contribution in [0.25, 0.3) is 6.08 Å². The number of hydrogen-bond donors (Lipinski definition) is 1. The van der Waals surface area contributed by atoms with Crippen LogP contribution in [0.5, 0.6) is 5.75 Å². The standard InChI is InChI=1S/C17H13Cl2N3O4/c18-13-7-8-16(14(19)10-13)26-11-17(23)21-20-9-3-5-12-4-1-2-6-15(12)22(24)25/h1-10H,11H2,(H,21,23)/b5-3+,20-9+. The second kappa shape index (κ2) is 9.55. The van der Waals surface area contributed by atoms with Crippen molar-refractivity contribution >= 4 is 47.1 Å². The van der Waals surface area contributed by atoms with Crippen molar-refractivity contribution < 1.29 is 14.5 Å². The van der Waals surface area contributed by atoms with Gasteiger partial charge in [-0.15, -0.1) is 0 Å². The van der Waals surface area contributed by atoms with Crippen molar-refractivity contribution in [1.82, 2.24) is 5.43 Å². The summed E-state index contributed by atoms with van der Waals surface area (Å²) in [7, 11) is 0. The number of nitrogens with one attached hydrogen (secondary N) is 1. The van der Waals surface area contributed by atoms with Crippen LogP contribution in [-0.4, -0.2) is 23.7 Å². The first kappa shape index (κ1) is 19.4. The van der Waals surface area contributed by atoms with Gasteiger partial charge in [-0.25, -0.2) is 5.43 Å². The smallest absolute Gasteiger partial charge is 0.277 e. The van der Waals surface area contributed by atoms with Gasteiger partial charge in [0.25, 0.3) is 11.6 Å². The molecule has 0 atom stereocenters. The Morgan fingerprint density at radius 1 is 1.27 bits per heavy atom. The van der Waals surface area contributed by atoms with Crippen molar-refractivity contribution in [2.45, 2.75) is 0 Å². The third-order valence-corrected chi connectivity index (χ3v) is 3.54. The van der Waals surface area contributed by atoms with Crippen LogP contribution in [0.2, 0.25) is 10.0 Å². The lowest BCUT2D eigenvalue weighted by molar-refractivity contribution is -0.385. The number of carbonyl (C=O) groups is 1. The van der Waals surface area contributed by atoms with E-state index in [4.69, 9.17) is 27.9 Å². The monoisotopic (exact) mass is 393 g/mol. The number of hydrogen-bond acceptors (Lipinski definition) is 5. The van der Waals surface area contributed by atoms with Crippen molar-refractivity contribution in [2.75, 3.05) is 6.61 Å². The normalized spacial score (nSPS) is 11.0. The van der Waals surface area contributed by atoms with Crippen LogP contribution in [-0.2, 0) is 4.79 Å². The van der Waals surface area contributed by atoms with E-state index < -0.39 is 10.8 Å². The molecule has 0 spiro atoms. The summed E-state index contributed by atoms with van der Waals surface area (Å²) in [6, 6.07) is 10.9. The number of amides is 1. The highest BCUT2D eigenvalue weighted by molar-refractivity contribution is 6.35. The molecule has 0 heterocycles. The summed E-state index contributed by atoms with van der Waals surface area (Å²) in [5.74, 6) is -0.169. The number of rotatable bonds is 7. The molecule has 0 bridgehead atoms. The van der Waals surface area contributed by atoms with E-state index in [1.165, 1.54) is 30.5 Å². The van der Waals surface area contributed by atoms with E-state index in [0.29, 0.717) is 21.4 Å². The molecule has 1 N–H and O–H groups in total. The number of hydrazone groups is 1. The molecule has 1 amide bonds. The molecule has 0 aliphatic rings. The Labute approximate surface area is 159 Å². The van der Waals surface area contributed by atoms with Crippen molar-refractivity contribution in [3.8, 4) is 5.75 Å². The van der Waals surface area contributed by atoms with Gasteiger partial charge in [0.15, 0.2) is 6.61 Å². The molecule has 26 heavy (non-hydrogen) atoms. The van der Waals surface area contributed by atoms with Gasteiger partial charge in [-0.2, -0.15) is 5.10 Å². The maximum atomic E-state index is 11.6. The molecule has 0 aliphatic carbocycles. The fraction of sp³-hybridized carbons (Fsp3) is 0.0588. The van der Waals surface area contributed by atoms with E-state index in [9.17, 15) is 14.9 Å². The summed E-state index contributed by atoms with van der Waals surface area (Å²) in [6.07, 6.45) is 4.28. The van der Waals surface area contributed by atoms with Gasteiger partial charge in [-0.3, -0.25) is 14.9 Å². The quantitative estimate of drug-likeness (QED) is 0.435. The molecule has 134 valence electrons. The van der Waals surface area contributed by atoms with Crippen LogP contribution in [0.1, 0.15) is 5.56 Å². The molecular weight excluding hydrogens is 381 g/mol. The summed E-state index contributed by atoms with van der Waals surface area (Å²) in [4.78, 5) is 22.0. The highest BCUT2D eigenvalue weighted by Gasteiger charge is 2.08. The summed E-state index contributed by atoms with van der Waals surface area (Å²) in [5.41, 5.74) is 2.67. The molecule has 0 aromatic heterocycles. The number of benzene rings is 2. The highest BCUT2D eigenvalue weighted by atomic mass is 35.5. The Hall–Kier alpha value is -2.90. The molecule has 2 aromatic rings. The van der Waals surface area contributed by atoms with Gasteiger partial charge in [0.1, 0.15) is 5.75 Å². The fourth-order valence-corrected chi connectivity index (χ4v) is 2.32. The Morgan fingerprint density at radius 3 is 2.77 bits per heavy atom. The van der Waals surface area contributed by atoms with Crippen molar-refractivity contribution in [3.63, 3.8) is 0 Å². The Morgan fingerprint density at radius 2 is 2.04 bits per heavy atom. The van der Waals surface area contributed by atoms with Crippen LogP contribution in [0.15, 0.2) is 53.6 Å². The number of carbonyl (C=O) groups excluding carboxylic acids is 1. The number of nitrogens with zero attached hydrogens (tertiary/aromatic N) is 2. The summed E-state index contributed by atoms with van der Waals surface area (Å²) in [5, 5.41) is 15.3. The first-order valence-corrected chi connectivity index (χ1v) is 8.03. The zero-order valence-corrected chi connectivity index (χ0v) is 14.8. The topological polar surface area (TPSA) is 93.8 Å². The SMILES string of the molecule is O=C(COc1ccc(Cl)cc1Cl)N/N=C/C=C/c1ccccc1[N+](=O)[O-]. The lowest BCUT2D eigenvalue weighted by atomic mass is 10.2. The molecule has 0 saturated heterocycles. The van der Waals surface area contributed by atoms with Crippen molar-refractivity contribution in [3.05, 3.63) is 74.3 Å². The van der Waals surface area contributed by atoms with Gasteiger partial charge in [0.05, 0.1) is 15.5 Å². The van der Waals surface area contributed by atoms with E-state index in [2.05, 4.69) is 10.5 Å². The van der Waals surface area contributed by atoms with Crippen LogP contribution in [0.4, 0.5) is 5.69 Å². The third kappa shape index (κ3) is 5.87. The molecule has 2 rings (SSSR count). The van der Waals surface area contributed by atoms with E-state index in [-0.39, 0.29) is 12.3 Å². The number of allylic oxidation sites excluding steroid dienone is 1. The number of nitro groups is 1. The van der Waals surface area contributed by atoms with Gasteiger partial charge in [-0.1, -0.05) is 35.3 Å². The van der Waals surface area contributed by atoms with Crippen molar-refractivity contribution in [1.29, 1.82) is 0 Å². The highest BCUT2D eigenvalue weighted by Crippen LogP contribution is 2.27. The van der Waals surface area contributed by atoms with Gasteiger partial charge in [-0.05, 0) is 36.4 Å². The van der Waals surface area contributed by atoms with Crippen LogP contribution >= 0.6 is 23.2 Å². The number of ether oxygens (including phenoxy) is 1. The molecule has 0 fully saturated rings. The largest absolute Gasteiger partial charge is 0.482 e. The van der Waals surface area contributed by atoms with E-state index in [0.717, 1.165) is 0 Å². The van der Waals surface area contributed by atoms with E-state index >= 15 is 0 Å². The molecule has 9 heteroatoms. The summed E-state index contributed by atoms with van der Waals surface area (Å²) >= 11 is 11.7. The molecule has 2 aromatic carbocycles. The number of para-hydroxylation sites is 1. The summed E-state index contributed by atoms with van der Waals surface area (Å²) < 4.78 is 5.25. The number of halogens is 2. The minimum atomic E-state index is -0.494. The lowest BCUT2D eigenvalue weighted by Crippen LogP contribution is -2.24. The van der Waals surface area contributed by atoms with Crippen LogP contribution in [0, 0.1) is 10.1 Å². The maximum Gasteiger partial charge on any atom is 0.277 e. The molecule has 0 aliphatic heterocycles. The van der Waals surface area contributed by atoms with Crippen LogP contribution in [0.3, 0.4) is 0 Å². The number of nitro benzene ring substituents is 1. The van der Waals surface area contributed by atoms with Gasteiger partial charge < -0.3 is 4.74 Å². The second-order valence-corrected chi connectivity index (χ2v) is 5.70. The zero-order valence-electron chi connectivity index (χ0n) is 13.3. The van der Waals surface area contributed by atoms with Gasteiger partial charge in [0, 0.05) is 17.3 Å². The molecule has 7 nitrogen and oxygen atoms in total. The maximum absolute atomic E-state index is 11.6. The predicted molar refractivity (Wildman–Crippen MR) is 101 cm³/mol. The Kier molecular flexibility index (Phi) is 7.13. The van der Waals surface area contributed by atoms with E-state index in [1.54, 1.807) is 30.3 Å². The molecule has 0 saturated carbocycles. The van der Waals surface area contributed by atoms with E-state index in [1.807, 2.05) is 0 Å². The molecule has 0 unspecified atom stereocenters. The predicted octanol–water partition coefficient (Wildman–Crippen LogP) is 4.10. The summed E-state index contributed by atoms with van der Waals surface area (Å²) in [6.45, 7) is -0.285. The minimum Gasteiger partial charge on any atom is -0.482 e. The second-order valence-electron chi connectivity index (χ2n) is 4.85.